The number of methoxy groups -OCH3 is 1. The van der Waals surface area contributed by atoms with Crippen LogP contribution in [0.3, 0.4) is 0 Å². The van der Waals surface area contributed by atoms with Gasteiger partial charge in [-0.1, -0.05) is 0 Å². The first-order valence-electron chi connectivity index (χ1n) is 7.38. The molecule has 2 rings (SSSR count). The third kappa shape index (κ3) is 3.60. The van der Waals surface area contributed by atoms with Crippen LogP contribution in [0.25, 0.3) is 0 Å². The molecule has 1 saturated heterocycles. The van der Waals surface area contributed by atoms with Gasteiger partial charge in [0.25, 0.3) is 10.0 Å². The van der Waals surface area contributed by atoms with Gasteiger partial charge in [-0.25, -0.2) is 13.2 Å². The first-order chi connectivity index (χ1) is 11.3. The molecule has 1 aliphatic heterocycles. The van der Waals surface area contributed by atoms with Crippen molar-refractivity contribution >= 4 is 21.9 Å². The van der Waals surface area contributed by atoms with Gasteiger partial charge in [-0.2, -0.15) is 4.31 Å². The highest BCUT2D eigenvalue weighted by molar-refractivity contribution is 7.89. The highest BCUT2D eigenvalue weighted by atomic mass is 32.2. The average Bonchev–Trinajstić information content (AvgIpc) is 3.20. The van der Waals surface area contributed by atoms with Gasteiger partial charge in [0.2, 0.25) is 16.8 Å². The van der Waals surface area contributed by atoms with E-state index >= 15 is 0 Å². The van der Waals surface area contributed by atoms with Gasteiger partial charge in [-0.15, -0.1) is 0 Å². The van der Waals surface area contributed by atoms with Gasteiger partial charge in [-0.05, 0) is 25.0 Å². The Morgan fingerprint density at radius 1 is 1.46 bits per heavy atom. The fraction of sp³-hybridized carbons (Fsp3) is 0.571. The van der Waals surface area contributed by atoms with Crippen LogP contribution in [0.4, 0.5) is 0 Å². The lowest BCUT2D eigenvalue weighted by atomic mass is 10.2. The monoisotopic (exact) mass is 360 g/mol. The number of aromatic carboxylic acids is 1. The molecule has 0 saturated carbocycles. The number of carbonyl (C=O) groups is 2. The molecule has 1 aliphatic rings. The van der Waals surface area contributed by atoms with Crippen molar-refractivity contribution in [2.45, 2.75) is 24.0 Å². The number of amides is 1. The van der Waals surface area contributed by atoms with Gasteiger partial charge in [-0.3, -0.25) is 4.79 Å². The van der Waals surface area contributed by atoms with Gasteiger partial charge < -0.3 is 19.2 Å². The molecule has 134 valence electrons. The number of carbonyl (C=O) groups excluding carboxylic acids is 1. The lowest BCUT2D eigenvalue weighted by molar-refractivity contribution is -0.133. The molecule has 0 spiro atoms. The Morgan fingerprint density at radius 3 is 2.75 bits per heavy atom. The van der Waals surface area contributed by atoms with Crippen LogP contribution < -0.4 is 0 Å². The van der Waals surface area contributed by atoms with E-state index in [0.717, 1.165) is 16.4 Å². The van der Waals surface area contributed by atoms with Crippen molar-refractivity contribution in [3.63, 3.8) is 0 Å². The minimum Gasteiger partial charge on any atom is -0.475 e. The molecule has 1 N–H and O–H groups in total. The summed E-state index contributed by atoms with van der Waals surface area (Å²) in [4.78, 5) is 24.8. The van der Waals surface area contributed by atoms with Crippen LogP contribution in [0.5, 0.6) is 0 Å². The topological polar surface area (TPSA) is 117 Å². The van der Waals surface area contributed by atoms with E-state index in [1.54, 1.807) is 7.05 Å². The van der Waals surface area contributed by atoms with Crippen LogP contribution in [0.2, 0.25) is 0 Å². The van der Waals surface area contributed by atoms with Crippen molar-refractivity contribution in [3.8, 4) is 0 Å². The maximum Gasteiger partial charge on any atom is 0.371 e. The minimum absolute atomic E-state index is 0.181. The summed E-state index contributed by atoms with van der Waals surface area (Å²) in [6.07, 6.45) is 0.947. The largest absolute Gasteiger partial charge is 0.475 e. The summed E-state index contributed by atoms with van der Waals surface area (Å²) in [7, 11) is -0.976. The summed E-state index contributed by atoms with van der Waals surface area (Å²) in [5, 5.41) is 8.38. The van der Waals surface area contributed by atoms with Crippen molar-refractivity contribution in [1.29, 1.82) is 0 Å². The molecular formula is C14H20N2O7S. The first-order valence-corrected chi connectivity index (χ1v) is 8.82. The van der Waals surface area contributed by atoms with Crippen molar-refractivity contribution in [3.05, 3.63) is 17.9 Å². The van der Waals surface area contributed by atoms with Crippen LogP contribution in [-0.4, -0.2) is 74.5 Å². The summed E-state index contributed by atoms with van der Waals surface area (Å²) < 4.78 is 36.2. The van der Waals surface area contributed by atoms with E-state index in [1.165, 1.54) is 12.0 Å². The van der Waals surface area contributed by atoms with E-state index in [4.69, 9.17) is 14.3 Å². The number of carboxylic acids is 1. The van der Waals surface area contributed by atoms with Gasteiger partial charge in [0.05, 0.1) is 6.61 Å². The molecule has 0 aliphatic carbocycles. The maximum atomic E-state index is 12.7. The molecule has 0 radical (unpaired) electrons. The summed E-state index contributed by atoms with van der Waals surface area (Å²) in [5.74, 6) is -2.14. The molecule has 1 unspecified atom stereocenters. The number of nitrogens with zero attached hydrogens (tertiary/aromatic N) is 2. The van der Waals surface area contributed by atoms with Crippen LogP contribution in [0, 0.1) is 0 Å². The molecule has 0 bridgehead atoms. The van der Waals surface area contributed by atoms with Gasteiger partial charge in [0.1, 0.15) is 6.04 Å². The summed E-state index contributed by atoms with van der Waals surface area (Å²) >= 11 is 0. The fourth-order valence-corrected chi connectivity index (χ4v) is 4.12. The standard InChI is InChI=1S/C14H20N2O7S/c1-15(8-9-22-2)13(17)10-4-3-7-16(10)24(20,21)12-6-5-11(23-12)14(18)19/h5-6,10H,3-4,7-9H2,1-2H3,(H,18,19). The van der Waals surface area contributed by atoms with Crippen molar-refractivity contribution < 1.29 is 32.3 Å². The second-order valence-corrected chi connectivity index (χ2v) is 7.27. The predicted molar refractivity (Wildman–Crippen MR) is 82.1 cm³/mol. The normalized spacial score (nSPS) is 18.7. The summed E-state index contributed by atoms with van der Waals surface area (Å²) in [6, 6.07) is 1.34. The number of hydrogen-bond donors (Lipinski definition) is 1. The number of ether oxygens (including phenoxy) is 1. The van der Waals surface area contributed by atoms with Crippen LogP contribution in [0.1, 0.15) is 23.4 Å². The van der Waals surface area contributed by atoms with Gasteiger partial charge >= 0.3 is 5.97 Å². The van der Waals surface area contributed by atoms with Gasteiger partial charge in [0, 0.05) is 27.2 Å². The lowest BCUT2D eigenvalue weighted by Gasteiger charge is -2.26. The van der Waals surface area contributed by atoms with E-state index < -0.39 is 32.9 Å². The average molecular weight is 360 g/mol. The molecule has 2 heterocycles. The Balaban J connectivity index is 2.21. The number of furan rings is 1. The number of likely N-dealkylation sites (N-methyl/N-ethyl adjacent to an activating group) is 1. The second kappa shape index (κ2) is 7.32. The number of carboxylic acid groups (broad SMARTS) is 1. The quantitative estimate of drug-likeness (QED) is 0.740. The molecule has 10 heteroatoms. The highest BCUT2D eigenvalue weighted by Crippen LogP contribution is 2.28. The van der Waals surface area contributed by atoms with Crippen molar-refractivity contribution in [1.82, 2.24) is 9.21 Å². The minimum atomic E-state index is -4.08. The van der Waals surface area contributed by atoms with Crippen LogP contribution >= 0.6 is 0 Å². The molecule has 0 aromatic carbocycles. The molecule has 1 atom stereocenters. The number of hydrogen-bond acceptors (Lipinski definition) is 6. The molecular weight excluding hydrogens is 340 g/mol. The Bertz CT molecular complexity index is 712. The Hall–Kier alpha value is -1.91. The molecule has 9 nitrogen and oxygen atoms in total. The Morgan fingerprint density at radius 2 is 2.17 bits per heavy atom. The van der Waals surface area contributed by atoms with Gasteiger partial charge in [0.15, 0.2) is 0 Å². The zero-order valence-corrected chi connectivity index (χ0v) is 14.3. The van der Waals surface area contributed by atoms with E-state index in [1.807, 2.05) is 0 Å². The molecule has 24 heavy (non-hydrogen) atoms. The predicted octanol–water partition coefficient (Wildman–Crippen LogP) is 0.236. The number of rotatable bonds is 7. The molecule has 1 aromatic rings. The fourth-order valence-electron chi connectivity index (χ4n) is 2.56. The zero-order chi connectivity index (χ0) is 17.9. The molecule has 1 fully saturated rings. The lowest BCUT2D eigenvalue weighted by Crippen LogP contribution is -2.47. The SMILES string of the molecule is COCCN(C)C(=O)C1CCCN1S(=O)(=O)c1ccc(C(=O)O)o1. The Labute approximate surface area is 139 Å². The first kappa shape index (κ1) is 18.4. The molecule has 1 amide bonds. The third-order valence-corrected chi connectivity index (χ3v) is 5.63. The van der Waals surface area contributed by atoms with Crippen molar-refractivity contribution in [2.75, 3.05) is 33.9 Å². The zero-order valence-electron chi connectivity index (χ0n) is 13.5. The summed E-state index contributed by atoms with van der Waals surface area (Å²) in [6.45, 7) is 0.880. The van der Waals surface area contributed by atoms with Crippen LogP contribution in [0.15, 0.2) is 21.6 Å². The second-order valence-electron chi connectivity index (χ2n) is 5.45. The Kier molecular flexibility index (Phi) is 5.62. The van der Waals surface area contributed by atoms with Crippen molar-refractivity contribution in [2.24, 2.45) is 0 Å². The summed E-state index contributed by atoms with van der Waals surface area (Å²) in [5.41, 5.74) is 0. The van der Waals surface area contributed by atoms with E-state index in [0.29, 0.717) is 26.0 Å². The number of sulfonamides is 1. The van der Waals surface area contributed by atoms with E-state index in [2.05, 4.69) is 0 Å². The van der Waals surface area contributed by atoms with Crippen LogP contribution in [-0.2, 0) is 19.6 Å². The third-order valence-electron chi connectivity index (χ3n) is 3.85. The van der Waals surface area contributed by atoms with E-state index in [9.17, 15) is 18.0 Å². The maximum absolute atomic E-state index is 12.7. The van der Waals surface area contributed by atoms with E-state index in [-0.39, 0.29) is 12.5 Å². The highest BCUT2D eigenvalue weighted by Gasteiger charge is 2.42. The molecule has 1 aromatic heterocycles. The smallest absolute Gasteiger partial charge is 0.371 e.